The van der Waals surface area contributed by atoms with E-state index in [-0.39, 0.29) is 30.1 Å². The fraction of sp³-hybridized carbons (Fsp3) is 0.250. The number of ether oxygens (including phenoxy) is 1. The summed E-state index contributed by atoms with van der Waals surface area (Å²) in [5.41, 5.74) is 0.157. The number of rotatable bonds is 12. The second-order valence-electron chi connectivity index (χ2n) is 7.90. The maximum absolute atomic E-state index is 12.0. The molecule has 0 saturated carbocycles. The van der Waals surface area contributed by atoms with Crippen molar-refractivity contribution >= 4 is 34.8 Å². The fourth-order valence-corrected chi connectivity index (χ4v) is 3.30. The number of carbonyl (C=O) groups is 2. The second kappa shape index (κ2) is 11.6. The molecule has 0 aliphatic rings. The quantitative estimate of drug-likeness (QED) is 0.166. The lowest BCUT2D eigenvalue weighted by molar-refractivity contribution is -0.384. The summed E-state index contributed by atoms with van der Waals surface area (Å²) >= 11 is 0. The Labute approximate surface area is 204 Å². The Morgan fingerprint density at radius 3 is 2.19 bits per heavy atom. The number of nitrogens with one attached hydrogen (secondary N) is 3. The standard InChI is InChI=1S/C24H24N4O8/c1-2-11-25-19-20(22(30)21(19)29)27-18(23(31)32)12-14-3-7-16(8-4-14)26-24(33)36-13-15-5-9-17(10-6-15)28(34)35/h3-10,18,25,27H,2,11-13H2,1H3,(H,26,33)(H,31,32)/t18-/m0/s1. The number of carboxylic acid groups (broad SMARTS) is 1. The monoisotopic (exact) mass is 496 g/mol. The largest absolute Gasteiger partial charge is 0.480 e. The summed E-state index contributed by atoms with van der Waals surface area (Å²) in [5, 5.41) is 28.3. The highest BCUT2D eigenvalue weighted by atomic mass is 16.6. The molecule has 0 aliphatic heterocycles. The van der Waals surface area contributed by atoms with Crippen LogP contribution in [0.5, 0.6) is 0 Å². The van der Waals surface area contributed by atoms with Gasteiger partial charge in [0.25, 0.3) is 16.5 Å². The summed E-state index contributed by atoms with van der Waals surface area (Å²) in [4.78, 5) is 57.6. The first-order valence-corrected chi connectivity index (χ1v) is 11.0. The van der Waals surface area contributed by atoms with E-state index in [9.17, 15) is 34.4 Å². The normalized spacial score (nSPS) is 11.5. The van der Waals surface area contributed by atoms with Gasteiger partial charge < -0.3 is 20.5 Å². The van der Waals surface area contributed by atoms with Crippen LogP contribution in [-0.4, -0.2) is 34.7 Å². The summed E-state index contributed by atoms with van der Waals surface area (Å²) in [7, 11) is 0. The van der Waals surface area contributed by atoms with Gasteiger partial charge >= 0.3 is 12.1 Å². The van der Waals surface area contributed by atoms with Gasteiger partial charge in [0.2, 0.25) is 0 Å². The Hall–Kier alpha value is -4.74. The third-order valence-corrected chi connectivity index (χ3v) is 5.24. The molecular formula is C24H24N4O8. The average molecular weight is 496 g/mol. The lowest BCUT2D eigenvalue weighted by atomic mass is 10.0. The highest BCUT2D eigenvalue weighted by molar-refractivity contribution is 5.85. The Kier molecular flexibility index (Phi) is 8.34. The predicted octanol–water partition coefficient (Wildman–Crippen LogP) is 2.87. The lowest BCUT2D eigenvalue weighted by Crippen LogP contribution is -2.42. The molecule has 12 heteroatoms. The van der Waals surface area contributed by atoms with Gasteiger partial charge in [0.15, 0.2) is 0 Å². The minimum absolute atomic E-state index is 0.0201. The number of benzene rings is 2. The number of aliphatic carboxylic acids is 1. The van der Waals surface area contributed by atoms with Crippen molar-refractivity contribution in [2.24, 2.45) is 0 Å². The molecule has 0 bridgehead atoms. The molecule has 3 rings (SSSR count). The zero-order valence-corrected chi connectivity index (χ0v) is 19.3. The first-order chi connectivity index (χ1) is 17.2. The molecule has 0 aromatic heterocycles. The molecule has 1 amide bonds. The molecule has 0 spiro atoms. The number of carbonyl (C=O) groups excluding carboxylic acids is 1. The molecule has 36 heavy (non-hydrogen) atoms. The van der Waals surface area contributed by atoms with Crippen molar-refractivity contribution < 1.29 is 24.4 Å². The van der Waals surface area contributed by atoms with Gasteiger partial charge in [0.05, 0.1) is 4.92 Å². The molecule has 1 atom stereocenters. The van der Waals surface area contributed by atoms with Crippen LogP contribution in [0.2, 0.25) is 0 Å². The third kappa shape index (κ3) is 6.44. The van der Waals surface area contributed by atoms with E-state index in [0.717, 1.165) is 6.42 Å². The third-order valence-electron chi connectivity index (χ3n) is 5.24. The predicted molar refractivity (Wildman–Crippen MR) is 132 cm³/mol. The summed E-state index contributed by atoms with van der Waals surface area (Å²) in [5.74, 6) is -1.19. The van der Waals surface area contributed by atoms with Crippen molar-refractivity contribution in [2.75, 3.05) is 22.5 Å². The van der Waals surface area contributed by atoms with Crippen LogP contribution in [0.1, 0.15) is 24.5 Å². The van der Waals surface area contributed by atoms with E-state index < -0.39 is 33.9 Å². The highest BCUT2D eigenvalue weighted by Crippen LogP contribution is 2.19. The number of amides is 1. The summed E-state index contributed by atoms with van der Waals surface area (Å²) < 4.78 is 5.10. The van der Waals surface area contributed by atoms with E-state index >= 15 is 0 Å². The lowest BCUT2D eigenvalue weighted by Gasteiger charge is -2.20. The number of hydrogen-bond donors (Lipinski definition) is 4. The van der Waals surface area contributed by atoms with Crippen LogP contribution in [-0.2, 0) is 22.6 Å². The van der Waals surface area contributed by atoms with Crippen molar-refractivity contribution in [1.29, 1.82) is 0 Å². The van der Waals surface area contributed by atoms with Crippen molar-refractivity contribution in [3.63, 3.8) is 0 Å². The van der Waals surface area contributed by atoms with Crippen molar-refractivity contribution in [3.8, 4) is 0 Å². The molecule has 3 aromatic rings. The zero-order chi connectivity index (χ0) is 26.2. The average Bonchev–Trinajstić information content (AvgIpc) is 2.87. The number of nitro benzene ring substituents is 1. The summed E-state index contributed by atoms with van der Waals surface area (Å²) in [6, 6.07) is 10.8. The Balaban J connectivity index is 1.55. The number of nitrogens with zero attached hydrogens (tertiary/aromatic N) is 1. The molecule has 3 aromatic carbocycles. The minimum Gasteiger partial charge on any atom is -0.480 e. The first kappa shape index (κ1) is 25.9. The van der Waals surface area contributed by atoms with E-state index in [0.29, 0.717) is 23.4 Å². The van der Waals surface area contributed by atoms with Crippen LogP contribution >= 0.6 is 0 Å². The molecule has 0 heterocycles. The smallest absolute Gasteiger partial charge is 0.411 e. The van der Waals surface area contributed by atoms with Crippen molar-refractivity contribution in [3.05, 3.63) is 90.2 Å². The van der Waals surface area contributed by atoms with Gasteiger partial charge in [-0.15, -0.1) is 0 Å². The molecule has 0 aliphatic carbocycles. The van der Waals surface area contributed by atoms with Crippen LogP contribution in [0, 0.1) is 10.1 Å². The Bertz CT molecular complexity index is 1310. The molecule has 0 saturated heterocycles. The van der Waals surface area contributed by atoms with Crippen LogP contribution < -0.4 is 26.8 Å². The first-order valence-electron chi connectivity index (χ1n) is 11.0. The van der Waals surface area contributed by atoms with Gasteiger partial charge in [-0.3, -0.25) is 25.0 Å². The molecular weight excluding hydrogens is 472 g/mol. The highest BCUT2D eigenvalue weighted by Gasteiger charge is 2.26. The van der Waals surface area contributed by atoms with Crippen LogP contribution in [0.3, 0.4) is 0 Å². The van der Waals surface area contributed by atoms with Gasteiger partial charge in [-0.05, 0) is 41.8 Å². The van der Waals surface area contributed by atoms with Crippen molar-refractivity contribution in [1.82, 2.24) is 0 Å². The van der Waals surface area contributed by atoms with Crippen molar-refractivity contribution in [2.45, 2.75) is 32.4 Å². The SMILES string of the molecule is CCCNc1c(N[C@@H](Cc2ccc(NC(=O)OCc3ccc([N+](=O)[O-])cc3)cc2)C(=O)O)c(=O)c1=O. The van der Waals surface area contributed by atoms with E-state index in [1.54, 1.807) is 24.3 Å². The van der Waals surface area contributed by atoms with Crippen LogP contribution in [0.25, 0.3) is 0 Å². The van der Waals surface area contributed by atoms with Gasteiger partial charge in [-0.25, -0.2) is 9.59 Å². The Morgan fingerprint density at radius 1 is 1.00 bits per heavy atom. The van der Waals surface area contributed by atoms with Crippen LogP contribution in [0.15, 0.2) is 58.1 Å². The van der Waals surface area contributed by atoms with E-state index in [2.05, 4.69) is 16.0 Å². The van der Waals surface area contributed by atoms with Gasteiger partial charge in [-0.1, -0.05) is 19.1 Å². The number of hydrogen-bond acceptors (Lipinski definition) is 9. The molecule has 188 valence electrons. The van der Waals surface area contributed by atoms with E-state index in [1.807, 2.05) is 6.92 Å². The van der Waals surface area contributed by atoms with Gasteiger partial charge in [0, 0.05) is 30.8 Å². The maximum atomic E-state index is 12.0. The number of non-ortho nitro benzene ring substituents is 1. The topological polar surface area (TPSA) is 177 Å². The molecule has 0 radical (unpaired) electrons. The second-order valence-corrected chi connectivity index (χ2v) is 7.90. The minimum atomic E-state index is -1.19. The Morgan fingerprint density at radius 2 is 1.61 bits per heavy atom. The summed E-state index contributed by atoms with van der Waals surface area (Å²) in [6.45, 7) is 2.28. The summed E-state index contributed by atoms with van der Waals surface area (Å²) in [6.07, 6.45) is 0.0102. The molecule has 12 nitrogen and oxygen atoms in total. The molecule has 0 fully saturated rings. The van der Waals surface area contributed by atoms with Crippen LogP contribution in [0.4, 0.5) is 27.5 Å². The maximum Gasteiger partial charge on any atom is 0.411 e. The molecule has 4 N–H and O–H groups in total. The number of anilines is 3. The van der Waals surface area contributed by atoms with Gasteiger partial charge in [0.1, 0.15) is 24.0 Å². The van der Waals surface area contributed by atoms with E-state index in [1.165, 1.54) is 24.3 Å². The number of carboxylic acids is 1. The zero-order valence-electron chi connectivity index (χ0n) is 19.3. The molecule has 0 unspecified atom stereocenters. The fourth-order valence-electron chi connectivity index (χ4n) is 3.30. The van der Waals surface area contributed by atoms with E-state index in [4.69, 9.17) is 4.74 Å². The number of nitro groups is 1. The van der Waals surface area contributed by atoms with Gasteiger partial charge in [-0.2, -0.15) is 0 Å².